The molecule has 0 saturated heterocycles. The summed E-state index contributed by atoms with van der Waals surface area (Å²) < 4.78 is 6.89. The SMILES string of the molecule is N#Cc1cc(-c2cccc(-n3c4ccccc4c4cccc(C#N)c43)c2)cc(-n2c3ccccc3c3cccc(-n4c5ccccc5c5ccccc54)c32)c1. The van der Waals surface area contributed by atoms with E-state index in [0.29, 0.717) is 11.1 Å². The minimum absolute atomic E-state index is 0.571. The normalized spacial score (nSPS) is 11.6. The van der Waals surface area contributed by atoms with Crippen LogP contribution in [0, 0.1) is 22.7 Å². The van der Waals surface area contributed by atoms with Gasteiger partial charge in [0.2, 0.25) is 0 Å². The highest BCUT2D eigenvalue weighted by atomic mass is 15.1. The fourth-order valence-electron chi connectivity index (χ4n) is 8.80. The molecule has 5 heteroatoms. The van der Waals surface area contributed by atoms with Crippen LogP contribution in [0.2, 0.25) is 0 Å². The summed E-state index contributed by atoms with van der Waals surface area (Å²) in [6, 6.07) is 65.9. The summed E-state index contributed by atoms with van der Waals surface area (Å²) in [4.78, 5) is 0. The predicted molar refractivity (Wildman–Crippen MR) is 224 cm³/mol. The van der Waals surface area contributed by atoms with Crippen LogP contribution in [0.5, 0.6) is 0 Å². The zero-order valence-corrected chi connectivity index (χ0v) is 29.5. The van der Waals surface area contributed by atoms with E-state index in [1.807, 2.05) is 36.4 Å². The van der Waals surface area contributed by atoms with Gasteiger partial charge < -0.3 is 13.7 Å². The zero-order chi connectivity index (χ0) is 36.6. The molecule has 3 heterocycles. The van der Waals surface area contributed by atoms with Crippen molar-refractivity contribution in [3.8, 4) is 40.3 Å². The van der Waals surface area contributed by atoms with E-state index in [4.69, 9.17) is 0 Å². The average Bonchev–Trinajstić information content (AvgIpc) is 3.90. The van der Waals surface area contributed by atoms with Crippen LogP contribution in [0.4, 0.5) is 0 Å². The molecule has 0 atom stereocenters. The maximum atomic E-state index is 10.5. The van der Waals surface area contributed by atoms with Crippen molar-refractivity contribution in [2.24, 2.45) is 0 Å². The first-order chi connectivity index (χ1) is 27.2. The molecule has 11 aromatic rings. The van der Waals surface area contributed by atoms with Crippen LogP contribution >= 0.6 is 0 Å². The van der Waals surface area contributed by atoms with Gasteiger partial charge in [0.15, 0.2) is 0 Å². The average molecular weight is 700 g/mol. The van der Waals surface area contributed by atoms with Crippen LogP contribution in [-0.2, 0) is 0 Å². The highest BCUT2D eigenvalue weighted by molar-refractivity contribution is 6.15. The Balaban J connectivity index is 1.18. The van der Waals surface area contributed by atoms with Crippen LogP contribution in [0.3, 0.4) is 0 Å². The molecule has 0 aliphatic carbocycles. The molecular weight excluding hydrogens is 671 g/mol. The van der Waals surface area contributed by atoms with Gasteiger partial charge in [-0.3, -0.25) is 0 Å². The van der Waals surface area contributed by atoms with E-state index >= 15 is 0 Å². The van der Waals surface area contributed by atoms with Gasteiger partial charge in [-0.05, 0) is 77.9 Å². The van der Waals surface area contributed by atoms with Gasteiger partial charge in [-0.15, -0.1) is 0 Å². The lowest BCUT2D eigenvalue weighted by Gasteiger charge is -2.16. The Morgan fingerprint density at radius 1 is 0.345 bits per heavy atom. The molecule has 0 aliphatic rings. The molecule has 5 nitrogen and oxygen atoms in total. The van der Waals surface area contributed by atoms with E-state index in [1.165, 1.54) is 10.8 Å². The van der Waals surface area contributed by atoms with E-state index in [2.05, 4.69) is 165 Å². The number of benzene rings is 8. The maximum Gasteiger partial charge on any atom is 0.101 e. The number of hydrogen-bond donors (Lipinski definition) is 0. The molecule has 0 aliphatic heterocycles. The van der Waals surface area contributed by atoms with Gasteiger partial charge in [0.25, 0.3) is 0 Å². The van der Waals surface area contributed by atoms with Crippen molar-refractivity contribution in [2.45, 2.75) is 0 Å². The molecule has 0 fully saturated rings. The number of nitriles is 2. The van der Waals surface area contributed by atoms with Crippen molar-refractivity contribution in [1.82, 2.24) is 13.7 Å². The fourth-order valence-corrected chi connectivity index (χ4v) is 8.80. The molecule has 254 valence electrons. The molecule has 0 bridgehead atoms. The largest absolute Gasteiger partial charge is 0.308 e. The Labute approximate surface area is 316 Å². The van der Waals surface area contributed by atoms with Gasteiger partial charge in [-0.1, -0.05) is 109 Å². The number of nitrogens with zero attached hydrogens (tertiary/aromatic N) is 5. The molecule has 0 amide bonds. The first kappa shape index (κ1) is 30.7. The van der Waals surface area contributed by atoms with Crippen LogP contribution in [0.25, 0.3) is 93.6 Å². The van der Waals surface area contributed by atoms with Crippen LogP contribution in [0.15, 0.2) is 176 Å². The first-order valence-electron chi connectivity index (χ1n) is 18.3. The van der Waals surface area contributed by atoms with Gasteiger partial charge in [-0.25, -0.2) is 0 Å². The second-order valence-corrected chi connectivity index (χ2v) is 14.0. The minimum Gasteiger partial charge on any atom is -0.308 e. The molecule has 0 spiro atoms. The Morgan fingerprint density at radius 3 is 1.45 bits per heavy atom. The Kier molecular flexibility index (Phi) is 6.61. The summed E-state index contributed by atoms with van der Waals surface area (Å²) in [5, 5.41) is 27.5. The van der Waals surface area contributed by atoms with Gasteiger partial charge in [0, 0.05) is 43.7 Å². The third-order valence-corrected chi connectivity index (χ3v) is 11.1. The number of fused-ring (bicyclic) bond motifs is 9. The van der Waals surface area contributed by atoms with E-state index in [9.17, 15) is 10.5 Å². The van der Waals surface area contributed by atoms with Gasteiger partial charge in [0.05, 0.1) is 56.0 Å². The second-order valence-electron chi connectivity index (χ2n) is 14.0. The number of hydrogen-bond acceptors (Lipinski definition) is 2. The summed E-state index contributed by atoms with van der Waals surface area (Å²) in [6.45, 7) is 0. The van der Waals surface area contributed by atoms with Crippen molar-refractivity contribution < 1.29 is 0 Å². The van der Waals surface area contributed by atoms with Crippen LogP contribution in [0.1, 0.15) is 11.1 Å². The summed E-state index contributed by atoms with van der Waals surface area (Å²) in [5.74, 6) is 0. The number of aromatic nitrogens is 3. The second kappa shape index (κ2) is 11.8. The lowest BCUT2D eigenvalue weighted by molar-refractivity contribution is 1.13. The smallest absolute Gasteiger partial charge is 0.101 e. The molecule has 0 saturated carbocycles. The molecule has 0 N–H and O–H groups in total. The molecular formula is C50H29N5. The van der Waals surface area contributed by atoms with Crippen molar-refractivity contribution in [2.75, 3.05) is 0 Å². The summed E-state index contributed by atoms with van der Waals surface area (Å²) >= 11 is 0. The molecule has 0 unspecified atom stereocenters. The van der Waals surface area contributed by atoms with Crippen molar-refractivity contribution in [3.05, 3.63) is 187 Å². The molecule has 3 aromatic heterocycles. The minimum atomic E-state index is 0.571. The van der Waals surface area contributed by atoms with Gasteiger partial charge >= 0.3 is 0 Å². The van der Waals surface area contributed by atoms with Crippen molar-refractivity contribution in [3.63, 3.8) is 0 Å². The quantitative estimate of drug-likeness (QED) is 0.184. The molecule has 8 aromatic carbocycles. The number of rotatable bonds is 4. The van der Waals surface area contributed by atoms with Crippen molar-refractivity contribution >= 4 is 65.4 Å². The molecule has 55 heavy (non-hydrogen) atoms. The predicted octanol–water partition coefficient (Wildman–Crippen LogP) is 12.4. The fraction of sp³-hybridized carbons (Fsp3) is 0. The van der Waals surface area contributed by atoms with E-state index in [1.54, 1.807) is 0 Å². The van der Waals surface area contributed by atoms with Crippen LogP contribution < -0.4 is 0 Å². The van der Waals surface area contributed by atoms with Gasteiger partial charge in [0.1, 0.15) is 6.07 Å². The lowest BCUT2D eigenvalue weighted by Crippen LogP contribution is -2.01. The summed E-state index contributed by atoms with van der Waals surface area (Å²) in [5.41, 5.74) is 12.3. The Morgan fingerprint density at radius 2 is 0.836 bits per heavy atom. The van der Waals surface area contributed by atoms with Crippen molar-refractivity contribution in [1.29, 1.82) is 10.5 Å². The first-order valence-corrected chi connectivity index (χ1v) is 18.3. The third kappa shape index (κ3) is 4.45. The Hall–Kier alpha value is -7.86. The number of para-hydroxylation sites is 6. The summed E-state index contributed by atoms with van der Waals surface area (Å²) in [6.07, 6.45) is 0. The standard InChI is InChI=1S/C50H29N5/c51-30-32-26-35(33-12-9-14-36(28-33)53-44-21-5-3-17-40(44)42-19-10-13-34(31-52)49(42)53)29-37(27-32)54-45-22-6-4-18-41(45)43-20-11-25-48(50(43)54)55-46-23-7-1-15-38(46)39-16-2-8-24-47(39)55/h1-29H. The Bertz CT molecular complexity index is 3420. The topological polar surface area (TPSA) is 62.4 Å². The lowest BCUT2D eigenvalue weighted by atomic mass is 10.0. The van der Waals surface area contributed by atoms with Crippen LogP contribution in [-0.4, -0.2) is 13.7 Å². The van der Waals surface area contributed by atoms with E-state index < -0.39 is 0 Å². The summed E-state index contributed by atoms with van der Waals surface area (Å²) in [7, 11) is 0. The molecule has 11 rings (SSSR count). The molecule has 0 radical (unpaired) electrons. The zero-order valence-electron chi connectivity index (χ0n) is 29.5. The highest BCUT2D eigenvalue weighted by Crippen LogP contribution is 2.41. The van der Waals surface area contributed by atoms with Gasteiger partial charge in [-0.2, -0.15) is 10.5 Å². The third-order valence-electron chi connectivity index (χ3n) is 11.1. The maximum absolute atomic E-state index is 10.5. The monoisotopic (exact) mass is 699 g/mol. The van der Waals surface area contributed by atoms with E-state index in [-0.39, 0.29) is 0 Å². The highest BCUT2D eigenvalue weighted by Gasteiger charge is 2.21. The van der Waals surface area contributed by atoms with E-state index in [0.717, 1.165) is 82.8 Å².